The maximum absolute atomic E-state index is 12.5. The monoisotopic (exact) mass is 245 g/mol. The SMILES string of the molecule is NCC1(C(O)c2cccc(C(F)(F)F)c2)CC1. The van der Waals surface area contributed by atoms with Gasteiger partial charge in [-0.1, -0.05) is 12.1 Å². The summed E-state index contributed by atoms with van der Waals surface area (Å²) in [6, 6.07) is 4.82. The van der Waals surface area contributed by atoms with Crippen molar-refractivity contribution >= 4 is 0 Å². The summed E-state index contributed by atoms with van der Waals surface area (Å²) in [6.07, 6.45) is -3.76. The van der Waals surface area contributed by atoms with Crippen molar-refractivity contribution < 1.29 is 18.3 Å². The molecule has 0 heterocycles. The van der Waals surface area contributed by atoms with Gasteiger partial charge in [0.25, 0.3) is 0 Å². The van der Waals surface area contributed by atoms with Gasteiger partial charge in [0, 0.05) is 12.0 Å². The van der Waals surface area contributed by atoms with Crippen LogP contribution in [0.5, 0.6) is 0 Å². The predicted molar refractivity (Wildman–Crippen MR) is 57.1 cm³/mol. The largest absolute Gasteiger partial charge is 0.416 e. The van der Waals surface area contributed by atoms with Crippen molar-refractivity contribution in [3.63, 3.8) is 0 Å². The van der Waals surface area contributed by atoms with Crippen LogP contribution < -0.4 is 5.73 Å². The van der Waals surface area contributed by atoms with Gasteiger partial charge >= 0.3 is 6.18 Å². The lowest BCUT2D eigenvalue weighted by molar-refractivity contribution is -0.137. The third-order valence-electron chi connectivity index (χ3n) is 3.41. The van der Waals surface area contributed by atoms with Crippen molar-refractivity contribution in [1.29, 1.82) is 0 Å². The van der Waals surface area contributed by atoms with Crippen molar-refractivity contribution in [1.82, 2.24) is 0 Å². The van der Waals surface area contributed by atoms with Crippen LogP contribution in [0.25, 0.3) is 0 Å². The Balaban J connectivity index is 2.28. The average Bonchev–Trinajstić information content (AvgIpc) is 3.08. The summed E-state index contributed by atoms with van der Waals surface area (Å²) in [7, 11) is 0. The molecule has 1 fully saturated rings. The van der Waals surface area contributed by atoms with Gasteiger partial charge in [0.15, 0.2) is 0 Å². The Labute approximate surface area is 97.2 Å². The summed E-state index contributed by atoms with van der Waals surface area (Å²) in [4.78, 5) is 0. The molecule has 0 bridgehead atoms. The van der Waals surface area contributed by atoms with Crippen LogP contribution >= 0.6 is 0 Å². The number of aliphatic hydroxyl groups is 1. The van der Waals surface area contributed by atoms with Gasteiger partial charge in [0.05, 0.1) is 11.7 Å². The van der Waals surface area contributed by atoms with Crippen molar-refractivity contribution in [2.45, 2.75) is 25.1 Å². The second-order valence-corrected chi connectivity index (χ2v) is 4.59. The summed E-state index contributed by atoms with van der Waals surface area (Å²) >= 11 is 0. The molecule has 1 aliphatic carbocycles. The zero-order valence-corrected chi connectivity index (χ0v) is 9.17. The standard InChI is InChI=1S/C12H14F3NO/c13-12(14,15)9-3-1-2-8(6-9)10(17)11(7-16)4-5-11/h1-3,6,10,17H,4-5,7,16H2. The maximum atomic E-state index is 12.5. The Morgan fingerprint density at radius 2 is 2.00 bits per heavy atom. The molecule has 1 unspecified atom stereocenters. The molecule has 0 amide bonds. The molecule has 1 aliphatic rings. The second kappa shape index (κ2) is 3.99. The lowest BCUT2D eigenvalue weighted by Gasteiger charge is -2.21. The van der Waals surface area contributed by atoms with Crippen LogP contribution in [0.4, 0.5) is 13.2 Å². The summed E-state index contributed by atoms with van der Waals surface area (Å²) in [5, 5.41) is 10.1. The van der Waals surface area contributed by atoms with E-state index in [1.807, 2.05) is 0 Å². The summed E-state index contributed by atoms with van der Waals surface area (Å²) in [6.45, 7) is 0.296. The molecule has 1 aromatic carbocycles. The van der Waals surface area contributed by atoms with Crippen LogP contribution in [0, 0.1) is 5.41 Å². The molecule has 3 N–H and O–H groups in total. The van der Waals surface area contributed by atoms with Crippen LogP contribution in [0.1, 0.15) is 30.1 Å². The fourth-order valence-corrected chi connectivity index (χ4v) is 1.99. The average molecular weight is 245 g/mol. The highest BCUT2D eigenvalue weighted by atomic mass is 19.4. The Kier molecular flexibility index (Phi) is 2.91. The highest BCUT2D eigenvalue weighted by molar-refractivity contribution is 5.29. The Morgan fingerprint density at radius 3 is 2.47 bits per heavy atom. The number of benzene rings is 1. The highest BCUT2D eigenvalue weighted by Crippen LogP contribution is 2.54. The molecule has 0 aliphatic heterocycles. The molecular weight excluding hydrogens is 231 g/mol. The zero-order chi connectivity index (χ0) is 12.7. The zero-order valence-electron chi connectivity index (χ0n) is 9.17. The smallest absolute Gasteiger partial charge is 0.388 e. The minimum absolute atomic E-state index is 0.294. The van der Waals surface area contributed by atoms with Crippen LogP contribution in [-0.4, -0.2) is 11.7 Å². The van der Waals surface area contributed by atoms with E-state index < -0.39 is 23.3 Å². The molecule has 0 aromatic heterocycles. The molecule has 1 atom stereocenters. The third-order valence-corrected chi connectivity index (χ3v) is 3.41. The molecule has 2 nitrogen and oxygen atoms in total. The molecule has 0 radical (unpaired) electrons. The van der Waals surface area contributed by atoms with Crippen molar-refractivity contribution in [2.24, 2.45) is 11.1 Å². The van der Waals surface area contributed by atoms with Gasteiger partial charge in [-0.15, -0.1) is 0 Å². The van der Waals surface area contributed by atoms with E-state index in [4.69, 9.17) is 5.73 Å². The summed E-state index contributed by atoms with van der Waals surface area (Å²) in [5.41, 5.74) is 4.70. The van der Waals surface area contributed by atoms with Crippen molar-refractivity contribution in [3.8, 4) is 0 Å². The quantitative estimate of drug-likeness (QED) is 0.859. The van der Waals surface area contributed by atoms with Crippen LogP contribution in [0.15, 0.2) is 24.3 Å². The van der Waals surface area contributed by atoms with Gasteiger partial charge in [-0.25, -0.2) is 0 Å². The van der Waals surface area contributed by atoms with E-state index in [0.29, 0.717) is 12.1 Å². The lowest BCUT2D eigenvalue weighted by atomic mass is 9.92. The molecule has 2 rings (SSSR count). The minimum atomic E-state index is -4.38. The number of halogens is 3. The van der Waals surface area contributed by atoms with Crippen molar-refractivity contribution in [2.75, 3.05) is 6.54 Å². The van der Waals surface area contributed by atoms with Gasteiger partial charge in [-0.3, -0.25) is 0 Å². The second-order valence-electron chi connectivity index (χ2n) is 4.59. The first-order chi connectivity index (χ1) is 7.89. The van der Waals surface area contributed by atoms with E-state index in [1.165, 1.54) is 12.1 Å². The van der Waals surface area contributed by atoms with Gasteiger partial charge in [-0.05, 0) is 30.5 Å². The van der Waals surface area contributed by atoms with Gasteiger partial charge in [0.1, 0.15) is 0 Å². The predicted octanol–water partition coefficient (Wildman–Crippen LogP) is 2.48. The van der Waals surface area contributed by atoms with E-state index in [1.54, 1.807) is 0 Å². The lowest BCUT2D eigenvalue weighted by Crippen LogP contribution is -2.23. The van der Waals surface area contributed by atoms with E-state index in [9.17, 15) is 18.3 Å². The molecule has 0 spiro atoms. The number of alkyl halides is 3. The van der Waals surface area contributed by atoms with Crippen LogP contribution in [0.2, 0.25) is 0 Å². The molecule has 17 heavy (non-hydrogen) atoms. The normalized spacial score (nSPS) is 20.1. The van der Waals surface area contributed by atoms with Crippen LogP contribution in [0.3, 0.4) is 0 Å². The number of nitrogens with two attached hydrogens (primary N) is 1. The molecule has 0 saturated heterocycles. The number of hydrogen-bond acceptors (Lipinski definition) is 2. The number of aliphatic hydroxyl groups excluding tert-OH is 1. The minimum Gasteiger partial charge on any atom is -0.388 e. The Bertz CT molecular complexity index is 412. The number of rotatable bonds is 3. The first kappa shape index (κ1) is 12.4. The molecular formula is C12H14F3NO. The topological polar surface area (TPSA) is 46.2 Å². The maximum Gasteiger partial charge on any atom is 0.416 e. The fraction of sp³-hybridized carbons (Fsp3) is 0.500. The first-order valence-corrected chi connectivity index (χ1v) is 5.44. The molecule has 5 heteroatoms. The van der Waals surface area contributed by atoms with Gasteiger partial charge in [0.2, 0.25) is 0 Å². The fourth-order valence-electron chi connectivity index (χ4n) is 1.99. The molecule has 1 aromatic rings. The summed E-state index contributed by atoms with van der Waals surface area (Å²) in [5.74, 6) is 0. The number of hydrogen-bond donors (Lipinski definition) is 2. The first-order valence-electron chi connectivity index (χ1n) is 5.44. The van der Waals surface area contributed by atoms with Crippen LogP contribution in [-0.2, 0) is 6.18 Å². The van der Waals surface area contributed by atoms with E-state index >= 15 is 0 Å². The molecule has 1 saturated carbocycles. The van der Waals surface area contributed by atoms with E-state index in [-0.39, 0.29) is 0 Å². The van der Waals surface area contributed by atoms with E-state index in [0.717, 1.165) is 25.0 Å². The third kappa shape index (κ3) is 2.30. The highest BCUT2D eigenvalue weighted by Gasteiger charge is 2.48. The molecule has 94 valence electrons. The van der Waals surface area contributed by atoms with Gasteiger partial charge in [-0.2, -0.15) is 13.2 Å². The Morgan fingerprint density at radius 1 is 1.35 bits per heavy atom. The van der Waals surface area contributed by atoms with Gasteiger partial charge < -0.3 is 10.8 Å². The summed E-state index contributed by atoms with van der Waals surface area (Å²) < 4.78 is 37.6. The van der Waals surface area contributed by atoms with Crippen molar-refractivity contribution in [3.05, 3.63) is 35.4 Å². The Hall–Kier alpha value is -1.07. The van der Waals surface area contributed by atoms with E-state index in [2.05, 4.69) is 0 Å².